The largest absolute Gasteiger partial charge is 0.459 e. The highest BCUT2D eigenvalue weighted by molar-refractivity contribution is 7.12. The Morgan fingerprint density at radius 3 is 1.57 bits per heavy atom. The third kappa shape index (κ3) is 14.3. The van der Waals surface area contributed by atoms with Crippen LogP contribution in [0.3, 0.4) is 0 Å². The van der Waals surface area contributed by atoms with E-state index in [4.69, 9.17) is 16.0 Å². The van der Waals surface area contributed by atoms with Crippen LogP contribution in [-0.4, -0.2) is 156 Å². The molecule has 0 saturated carbocycles. The Morgan fingerprint density at radius 1 is 0.536 bits per heavy atom. The normalized spacial score (nSPS) is 13.9. The molecule has 13 rings (SSSR count). The number of aryl methyl sites for hydroxylation is 2. The topological polar surface area (TPSA) is 241 Å². The summed E-state index contributed by atoms with van der Waals surface area (Å²) in [6.45, 7) is 7.00. The van der Waals surface area contributed by atoms with Crippen molar-refractivity contribution in [2.45, 2.75) is 19.5 Å². The molecule has 21 nitrogen and oxygen atoms in total. The molecule has 0 atom stereocenters. The molecule has 3 amide bonds. The number of piperazine rings is 3. The first-order valence-electron chi connectivity index (χ1n) is 31.5. The van der Waals surface area contributed by atoms with Gasteiger partial charge in [0.15, 0.2) is 11.5 Å². The number of aromatic nitrogens is 3. The average molecular weight is 1340 g/mol. The van der Waals surface area contributed by atoms with E-state index in [0.29, 0.717) is 124 Å². The van der Waals surface area contributed by atoms with Crippen LogP contribution in [0.4, 0.5) is 21.5 Å². The van der Waals surface area contributed by atoms with Gasteiger partial charge in [-0.05, 0) is 105 Å². The molecule has 5 aromatic carbocycles. The predicted octanol–water partition coefficient (Wildman–Crippen LogP) is 9.33. The number of halogens is 2. The minimum atomic E-state index is -0.500. The molecule has 0 aliphatic carbocycles. The van der Waals surface area contributed by atoms with E-state index in [2.05, 4.69) is 23.1 Å². The fourth-order valence-corrected chi connectivity index (χ4v) is 13.5. The predicted molar refractivity (Wildman–Crippen MR) is 372 cm³/mol. The van der Waals surface area contributed by atoms with Gasteiger partial charge in [-0.1, -0.05) is 84.4 Å². The zero-order valence-corrected chi connectivity index (χ0v) is 55.1. The van der Waals surface area contributed by atoms with Crippen LogP contribution in [0.2, 0.25) is 5.02 Å². The summed E-state index contributed by atoms with van der Waals surface area (Å²) in [5.74, 6) is -0.621. The van der Waals surface area contributed by atoms with Gasteiger partial charge in [-0.3, -0.25) is 38.1 Å². The number of pyridine rings is 3. The highest BCUT2D eigenvalue weighted by Crippen LogP contribution is 2.34. The molecule has 97 heavy (non-hydrogen) atoms. The van der Waals surface area contributed by atoms with Crippen molar-refractivity contribution in [2.24, 2.45) is 7.05 Å². The van der Waals surface area contributed by atoms with Crippen LogP contribution >= 0.6 is 22.9 Å². The first-order valence-corrected chi connectivity index (χ1v) is 32.8. The van der Waals surface area contributed by atoms with E-state index in [9.17, 15) is 53.7 Å². The molecule has 3 fully saturated rings. The first kappa shape index (κ1) is 67.3. The lowest BCUT2D eigenvalue weighted by molar-refractivity contribution is 0.0712. The Bertz CT molecular complexity index is 4920. The molecule has 3 aliphatic rings. The van der Waals surface area contributed by atoms with Crippen LogP contribution in [0.1, 0.15) is 64.1 Å². The zero-order valence-electron chi connectivity index (χ0n) is 53.6. The summed E-state index contributed by atoms with van der Waals surface area (Å²) in [6.07, 6.45) is 2.26. The van der Waals surface area contributed by atoms with Gasteiger partial charge < -0.3 is 47.9 Å². The van der Waals surface area contributed by atoms with Gasteiger partial charge in [0.05, 0.1) is 51.3 Å². The molecule has 8 heterocycles. The number of carbonyl (C=O) groups is 4. The Hall–Kier alpha value is -11.2. The molecular weight excluding hydrogens is 1270 g/mol. The number of Topliss-reactive ketones (excluding diaryl/α,β-unsaturated/α-hetero) is 1. The van der Waals surface area contributed by atoms with Gasteiger partial charge in [-0.25, -0.2) is 4.39 Å². The lowest BCUT2D eigenvalue weighted by atomic mass is 10.1. The lowest BCUT2D eigenvalue weighted by Gasteiger charge is -2.37. The van der Waals surface area contributed by atoms with E-state index in [1.807, 2.05) is 93.7 Å². The Kier molecular flexibility index (Phi) is 20.8. The van der Waals surface area contributed by atoms with Crippen LogP contribution in [0.25, 0.3) is 32.7 Å². The summed E-state index contributed by atoms with van der Waals surface area (Å²) in [4.78, 5) is 104. The van der Waals surface area contributed by atoms with Gasteiger partial charge >= 0.3 is 0 Å². The molecule has 10 aromatic rings. The number of benzene rings is 5. The second kappa shape index (κ2) is 30.1. The summed E-state index contributed by atoms with van der Waals surface area (Å²) >= 11 is 7.63. The minimum absolute atomic E-state index is 0.00428. The van der Waals surface area contributed by atoms with E-state index >= 15 is 0 Å². The van der Waals surface area contributed by atoms with Crippen molar-refractivity contribution in [3.63, 3.8) is 0 Å². The Morgan fingerprint density at radius 2 is 1.04 bits per heavy atom. The summed E-state index contributed by atoms with van der Waals surface area (Å²) in [7, 11) is 5.64. The van der Waals surface area contributed by atoms with E-state index in [-0.39, 0.29) is 69.4 Å². The molecule has 492 valence electrons. The summed E-state index contributed by atoms with van der Waals surface area (Å²) in [6, 6.07) is 47.9. The van der Waals surface area contributed by atoms with Gasteiger partial charge in [-0.2, -0.15) is 15.8 Å². The molecule has 3 saturated heterocycles. The van der Waals surface area contributed by atoms with Crippen molar-refractivity contribution in [1.29, 1.82) is 15.8 Å². The number of thiophene rings is 1. The van der Waals surface area contributed by atoms with Crippen LogP contribution in [0.5, 0.6) is 0 Å². The number of hydrogen-bond donors (Lipinski definition) is 0. The number of ketones is 1. The first-order chi connectivity index (χ1) is 47.0. The Balaban J connectivity index is 0.000000149. The van der Waals surface area contributed by atoms with E-state index in [0.717, 1.165) is 45.0 Å². The summed E-state index contributed by atoms with van der Waals surface area (Å²) < 4.78 is 23.0. The Labute approximate surface area is 566 Å². The number of hydrogen-bond acceptors (Lipinski definition) is 16. The van der Waals surface area contributed by atoms with Crippen LogP contribution in [-0.2, 0) is 20.1 Å². The summed E-state index contributed by atoms with van der Waals surface area (Å²) in [5, 5.41) is 34.4. The van der Waals surface area contributed by atoms with Crippen molar-refractivity contribution >= 4 is 96.2 Å². The third-order valence-electron chi connectivity index (χ3n) is 17.5. The van der Waals surface area contributed by atoms with Crippen molar-refractivity contribution in [3.05, 3.63) is 238 Å². The van der Waals surface area contributed by atoms with Crippen molar-refractivity contribution in [1.82, 2.24) is 33.3 Å². The quantitative estimate of drug-likeness (QED) is 0.0977. The average Bonchev–Trinajstić information content (AvgIpc) is 0.968. The maximum atomic E-state index is 13.5. The zero-order chi connectivity index (χ0) is 68.4. The van der Waals surface area contributed by atoms with Gasteiger partial charge in [0.25, 0.3) is 34.4 Å². The smallest absolute Gasteiger partial charge is 0.289 e. The second-order valence-corrected chi connectivity index (χ2v) is 25.0. The van der Waals surface area contributed by atoms with Gasteiger partial charge in [0.1, 0.15) is 40.7 Å². The van der Waals surface area contributed by atoms with Crippen molar-refractivity contribution in [3.8, 4) is 18.2 Å². The lowest BCUT2D eigenvalue weighted by Crippen LogP contribution is -2.49. The number of nitriles is 3. The van der Waals surface area contributed by atoms with E-state index in [1.54, 1.807) is 88.1 Å². The monoisotopic (exact) mass is 1340 g/mol. The highest BCUT2D eigenvalue weighted by atomic mass is 35.5. The molecule has 0 spiro atoms. The standard InChI is InChI=1S/C27H22N4O4.C26H28FN5O2.C20H17ClN4O2S/c28-17-21-25(29-12-14-30(15-13-29)27(34)24-11-6-16-35-24)20-9-4-5-10-22(20)31(26(21)33)18-23(32)19-7-2-1-3-8-19;1-29(2)12-5-13-32-23-7-4-3-6-21(23)24(22(18-28)26(32)34)30-14-16-31(17-15-30)25(33)19-8-10-20(27)11-9-19;1-23-16-5-4-13(21)11-14(16)18(15(12-22)19(23)26)24-6-8-25(9-7-24)20(27)17-3-2-10-28-17/h1-11,16H,12-15,18H2;3-4,6-11H,5,12-17H2,1-2H3;2-5,10-11H,6-9H2,1H3. The van der Waals surface area contributed by atoms with Crippen LogP contribution < -0.4 is 31.4 Å². The van der Waals surface area contributed by atoms with E-state index < -0.39 is 5.56 Å². The number of para-hydroxylation sites is 2. The molecule has 24 heteroatoms. The fourth-order valence-electron chi connectivity index (χ4n) is 12.6. The number of carbonyl (C=O) groups excluding carboxylic acids is 4. The third-order valence-corrected chi connectivity index (χ3v) is 18.6. The van der Waals surface area contributed by atoms with Crippen molar-refractivity contribution < 1.29 is 28.0 Å². The fraction of sp³-hybridized carbons (Fsp3) is 0.260. The molecule has 0 unspecified atom stereocenters. The molecule has 0 N–H and O–H groups in total. The number of nitrogens with zero attached hydrogens (tertiary/aromatic N) is 13. The number of fused-ring (bicyclic) bond motifs is 3. The van der Waals surface area contributed by atoms with Crippen LogP contribution in [0.15, 0.2) is 176 Å². The maximum absolute atomic E-state index is 13.5. The SMILES string of the molecule is CN(C)CCCn1c(=O)c(C#N)c(N2CCN(C(=O)c3ccc(F)cc3)CC2)c2ccccc21.Cn1c(=O)c(C#N)c(N2CCN(C(=O)c3cccs3)CC2)c2cc(Cl)ccc21.N#Cc1c(N2CCN(C(=O)c3ccco3)CC2)c2ccccc2n(CC(=O)c2ccccc2)c1=O. The maximum Gasteiger partial charge on any atom is 0.289 e. The number of furan rings is 1. The van der Waals surface area contributed by atoms with Gasteiger partial charge in [-0.15, -0.1) is 11.3 Å². The molecule has 0 radical (unpaired) electrons. The number of amides is 3. The number of anilines is 3. The van der Waals surface area contributed by atoms with Crippen LogP contribution in [0, 0.1) is 39.8 Å². The van der Waals surface area contributed by atoms with Gasteiger partial charge in [0, 0.05) is 124 Å². The second-order valence-electron chi connectivity index (χ2n) is 23.7. The highest BCUT2D eigenvalue weighted by Gasteiger charge is 2.32. The number of rotatable bonds is 13. The van der Waals surface area contributed by atoms with Gasteiger partial charge in [0.2, 0.25) is 0 Å². The molecular formula is C73H67ClFN13O8S. The summed E-state index contributed by atoms with van der Waals surface area (Å²) in [5.41, 5.74) is 3.99. The minimum Gasteiger partial charge on any atom is -0.459 e. The van der Waals surface area contributed by atoms with Crippen molar-refractivity contribution in [2.75, 3.05) is 114 Å². The molecule has 5 aromatic heterocycles. The molecule has 3 aliphatic heterocycles. The molecule has 0 bridgehead atoms. The van der Waals surface area contributed by atoms with E-state index in [1.165, 1.54) is 51.0 Å².